The minimum Gasteiger partial charge on any atom is -0.463 e. The normalized spacial score (nSPS) is 20.6. The fourth-order valence-corrected chi connectivity index (χ4v) is 5.61. The van der Waals surface area contributed by atoms with Crippen molar-refractivity contribution in [3.8, 4) is 0 Å². The zero-order valence-corrected chi connectivity index (χ0v) is 19.6. The number of pyridine rings is 1. The molecule has 2 N–H and O–H groups in total. The molecule has 2 unspecified atom stereocenters. The molecule has 0 spiro atoms. The van der Waals surface area contributed by atoms with E-state index in [4.69, 9.17) is 4.74 Å². The molecule has 5 heteroatoms. The number of aromatic nitrogens is 1. The van der Waals surface area contributed by atoms with E-state index in [1.165, 1.54) is 12.8 Å². The second-order valence-corrected chi connectivity index (χ2v) is 9.81. The number of hydrogen-bond acceptors (Lipinski definition) is 5. The van der Waals surface area contributed by atoms with E-state index in [1.807, 2.05) is 42.5 Å². The van der Waals surface area contributed by atoms with E-state index in [-0.39, 0.29) is 18.4 Å². The van der Waals surface area contributed by atoms with Gasteiger partial charge in [0.1, 0.15) is 0 Å². The molecule has 1 saturated carbocycles. The minimum absolute atomic E-state index is 0.102. The van der Waals surface area contributed by atoms with Gasteiger partial charge in [0.25, 0.3) is 0 Å². The van der Waals surface area contributed by atoms with Crippen LogP contribution in [0.4, 0.5) is 0 Å². The molecular formula is C28H38N2O3. The van der Waals surface area contributed by atoms with E-state index in [2.05, 4.69) is 10.3 Å². The number of benzene rings is 1. The van der Waals surface area contributed by atoms with Crippen LogP contribution in [0.3, 0.4) is 0 Å². The zero-order valence-electron chi connectivity index (χ0n) is 19.6. The maximum atomic E-state index is 13.5. The smallest absolute Gasteiger partial charge is 0.343 e. The van der Waals surface area contributed by atoms with Gasteiger partial charge in [-0.1, -0.05) is 49.6 Å². The number of piperidine rings is 1. The largest absolute Gasteiger partial charge is 0.463 e. The van der Waals surface area contributed by atoms with Crippen LogP contribution in [-0.4, -0.2) is 35.8 Å². The Hall–Kier alpha value is -2.24. The first kappa shape index (κ1) is 23.9. The molecule has 2 atom stereocenters. The van der Waals surface area contributed by atoms with E-state index in [0.717, 1.165) is 69.5 Å². The molecule has 1 saturated heterocycles. The number of carbonyl (C=O) groups is 1. The highest BCUT2D eigenvalue weighted by atomic mass is 16.5. The summed E-state index contributed by atoms with van der Waals surface area (Å²) in [5, 5.41) is 15.2. The van der Waals surface area contributed by atoms with Crippen molar-refractivity contribution in [3.05, 3.63) is 66.0 Å². The SMILES string of the molecule is O=C(OCC(CCC1CCNCC1)c1ccncc1)C(O)(c1ccccc1)C1CCCCC1. The number of ether oxygens (including phenoxy) is 1. The van der Waals surface area contributed by atoms with Gasteiger partial charge in [-0.2, -0.15) is 0 Å². The molecule has 2 aromatic rings. The molecular weight excluding hydrogens is 412 g/mol. The van der Waals surface area contributed by atoms with Crippen molar-refractivity contribution < 1.29 is 14.6 Å². The van der Waals surface area contributed by atoms with Crippen LogP contribution in [0.25, 0.3) is 0 Å². The summed E-state index contributed by atoms with van der Waals surface area (Å²) in [6.07, 6.45) is 13.1. The molecule has 178 valence electrons. The number of rotatable bonds is 9. The van der Waals surface area contributed by atoms with Gasteiger partial charge in [0.2, 0.25) is 0 Å². The van der Waals surface area contributed by atoms with Crippen LogP contribution in [0, 0.1) is 11.8 Å². The lowest BCUT2D eigenvalue weighted by Gasteiger charge is -2.37. The van der Waals surface area contributed by atoms with Crippen molar-refractivity contribution in [1.82, 2.24) is 10.3 Å². The first-order valence-corrected chi connectivity index (χ1v) is 12.7. The molecule has 2 aliphatic rings. The average Bonchev–Trinajstić information content (AvgIpc) is 2.90. The molecule has 0 amide bonds. The summed E-state index contributed by atoms with van der Waals surface area (Å²) in [7, 11) is 0. The lowest BCUT2D eigenvalue weighted by Crippen LogP contribution is -2.45. The first-order valence-electron chi connectivity index (χ1n) is 12.7. The van der Waals surface area contributed by atoms with Gasteiger partial charge < -0.3 is 15.2 Å². The van der Waals surface area contributed by atoms with Gasteiger partial charge >= 0.3 is 5.97 Å². The molecule has 5 nitrogen and oxygen atoms in total. The lowest BCUT2D eigenvalue weighted by atomic mass is 9.73. The molecule has 4 rings (SSSR count). The summed E-state index contributed by atoms with van der Waals surface area (Å²) >= 11 is 0. The molecule has 0 radical (unpaired) electrons. The summed E-state index contributed by atoms with van der Waals surface area (Å²) in [5.74, 6) is 0.227. The number of aliphatic hydroxyl groups is 1. The molecule has 1 aliphatic heterocycles. The molecule has 2 heterocycles. The summed E-state index contributed by atoms with van der Waals surface area (Å²) in [6.45, 7) is 2.46. The topological polar surface area (TPSA) is 71.5 Å². The third kappa shape index (κ3) is 6.01. The maximum absolute atomic E-state index is 13.5. The molecule has 33 heavy (non-hydrogen) atoms. The molecule has 0 bridgehead atoms. The fourth-order valence-electron chi connectivity index (χ4n) is 5.61. The van der Waals surface area contributed by atoms with Crippen LogP contribution in [0.15, 0.2) is 54.9 Å². The van der Waals surface area contributed by atoms with Crippen molar-refractivity contribution in [2.75, 3.05) is 19.7 Å². The molecule has 1 aliphatic carbocycles. The Kier molecular flexibility index (Phi) is 8.51. The number of carbonyl (C=O) groups excluding carboxylic acids is 1. The fraction of sp³-hybridized carbons (Fsp3) is 0.571. The summed E-state index contributed by atoms with van der Waals surface area (Å²) in [5.41, 5.74) is 0.212. The maximum Gasteiger partial charge on any atom is 0.343 e. The van der Waals surface area contributed by atoms with Gasteiger partial charge in [0, 0.05) is 24.2 Å². The van der Waals surface area contributed by atoms with E-state index >= 15 is 0 Å². The standard InChI is InChI=1S/C28H38N2O3/c31-27(28(32,25-7-3-1-4-8-25)26-9-5-2-6-10-26)33-21-24(23-15-19-30-20-16-23)12-11-22-13-17-29-18-14-22/h1,3-4,7-8,15-16,19-20,22,24,26,29,32H,2,5-6,9-14,17-18,21H2. The molecule has 1 aromatic carbocycles. The Balaban J connectivity index is 1.48. The highest BCUT2D eigenvalue weighted by molar-refractivity contribution is 5.81. The van der Waals surface area contributed by atoms with E-state index in [1.54, 1.807) is 12.4 Å². The first-order chi connectivity index (χ1) is 16.2. The quantitative estimate of drug-likeness (QED) is 0.529. The highest BCUT2D eigenvalue weighted by Crippen LogP contribution is 2.40. The van der Waals surface area contributed by atoms with Gasteiger partial charge in [-0.15, -0.1) is 0 Å². The van der Waals surface area contributed by atoms with Crippen LogP contribution in [0.2, 0.25) is 0 Å². The van der Waals surface area contributed by atoms with Crippen LogP contribution < -0.4 is 5.32 Å². The monoisotopic (exact) mass is 450 g/mol. The van der Waals surface area contributed by atoms with Crippen LogP contribution in [0.5, 0.6) is 0 Å². The highest BCUT2D eigenvalue weighted by Gasteiger charge is 2.47. The van der Waals surface area contributed by atoms with Crippen molar-refractivity contribution in [2.45, 2.75) is 69.3 Å². The van der Waals surface area contributed by atoms with Crippen molar-refractivity contribution in [2.24, 2.45) is 11.8 Å². The van der Waals surface area contributed by atoms with Crippen molar-refractivity contribution >= 4 is 5.97 Å². The van der Waals surface area contributed by atoms with Gasteiger partial charge in [-0.25, -0.2) is 4.79 Å². The third-order valence-corrected chi connectivity index (χ3v) is 7.70. The summed E-state index contributed by atoms with van der Waals surface area (Å²) in [6, 6.07) is 13.4. The number of nitrogens with one attached hydrogen (secondary N) is 1. The minimum atomic E-state index is -1.58. The Morgan fingerprint density at radius 2 is 1.73 bits per heavy atom. The summed E-state index contributed by atoms with van der Waals surface area (Å²) in [4.78, 5) is 17.7. The zero-order chi connectivity index (χ0) is 22.9. The number of esters is 1. The average molecular weight is 451 g/mol. The van der Waals surface area contributed by atoms with Gasteiger partial charge in [0.05, 0.1) is 6.61 Å². The second-order valence-electron chi connectivity index (χ2n) is 9.81. The van der Waals surface area contributed by atoms with Crippen LogP contribution in [0.1, 0.15) is 74.8 Å². The second kappa shape index (κ2) is 11.8. The van der Waals surface area contributed by atoms with Crippen LogP contribution in [-0.2, 0) is 15.1 Å². The van der Waals surface area contributed by atoms with Crippen LogP contribution >= 0.6 is 0 Å². The van der Waals surface area contributed by atoms with Crippen molar-refractivity contribution in [3.63, 3.8) is 0 Å². The number of hydrogen-bond donors (Lipinski definition) is 2. The Morgan fingerprint density at radius 1 is 1.03 bits per heavy atom. The lowest BCUT2D eigenvalue weighted by molar-refractivity contribution is -0.176. The molecule has 1 aromatic heterocycles. The van der Waals surface area contributed by atoms with E-state index in [9.17, 15) is 9.90 Å². The molecule has 2 fully saturated rings. The van der Waals surface area contributed by atoms with Gasteiger partial charge in [-0.05, 0) is 80.8 Å². The number of nitrogens with zero attached hydrogens (tertiary/aromatic N) is 1. The van der Waals surface area contributed by atoms with E-state index < -0.39 is 11.6 Å². The third-order valence-electron chi connectivity index (χ3n) is 7.70. The Morgan fingerprint density at radius 3 is 2.42 bits per heavy atom. The summed E-state index contributed by atoms with van der Waals surface area (Å²) < 4.78 is 5.95. The predicted molar refractivity (Wildman–Crippen MR) is 130 cm³/mol. The van der Waals surface area contributed by atoms with Crippen molar-refractivity contribution in [1.29, 1.82) is 0 Å². The van der Waals surface area contributed by atoms with E-state index in [0.29, 0.717) is 5.56 Å². The Labute approximate surface area is 198 Å². The van der Waals surface area contributed by atoms with Gasteiger partial charge in [0.15, 0.2) is 5.60 Å². The predicted octanol–water partition coefficient (Wildman–Crippen LogP) is 4.96. The van der Waals surface area contributed by atoms with Gasteiger partial charge in [-0.3, -0.25) is 4.98 Å². The Bertz CT molecular complexity index is 848.